The van der Waals surface area contributed by atoms with Crippen molar-refractivity contribution in [2.75, 3.05) is 54.2 Å². The molecule has 23 heavy (non-hydrogen) atoms. The molecule has 0 saturated carbocycles. The van der Waals surface area contributed by atoms with Gasteiger partial charge in [-0.3, -0.25) is 0 Å². The van der Waals surface area contributed by atoms with Crippen LogP contribution in [0.15, 0.2) is 0 Å². The van der Waals surface area contributed by atoms with E-state index < -0.39 is 0 Å². The third-order valence-electron chi connectivity index (χ3n) is 2.57. The summed E-state index contributed by atoms with van der Waals surface area (Å²) >= 11 is 1.10. The van der Waals surface area contributed by atoms with Crippen molar-refractivity contribution in [3.05, 3.63) is 9.75 Å². The molecule has 0 bridgehead atoms. The van der Waals surface area contributed by atoms with Gasteiger partial charge in [-0.15, -0.1) is 11.3 Å². The zero-order chi connectivity index (χ0) is 16.9. The first-order valence-corrected chi connectivity index (χ1v) is 7.65. The highest BCUT2D eigenvalue weighted by Crippen LogP contribution is 2.42. The van der Waals surface area contributed by atoms with E-state index in [0.29, 0.717) is 41.9 Å². The van der Waals surface area contributed by atoms with E-state index in [1.54, 1.807) is 14.2 Å². The Morgan fingerprint density at radius 3 is 2.00 bits per heavy atom. The highest BCUT2D eigenvalue weighted by molar-refractivity contribution is 7.13. The Hall–Kier alpha value is -1.41. The SMILES string of the molecule is COCCOCOc1c(C#N)sc(CO)c1OCOCCOC. The van der Waals surface area contributed by atoms with Gasteiger partial charge in [0.25, 0.3) is 0 Å². The number of ether oxygens (including phenoxy) is 6. The Kier molecular flexibility index (Phi) is 10.3. The summed E-state index contributed by atoms with van der Waals surface area (Å²) in [5, 5.41) is 18.6. The molecule has 0 atom stereocenters. The standard InChI is InChI=1S/C14H21NO7S/c1-17-3-5-19-9-21-13-11(7-15)23-12(8-16)14(13)22-10-20-6-4-18-2/h16H,3-6,8-10H2,1-2H3. The smallest absolute Gasteiger partial charge is 0.193 e. The van der Waals surface area contributed by atoms with Gasteiger partial charge >= 0.3 is 0 Å². The van der Waals surface area contributed by atoms with Crippen LogP contribution in [0.2, 0.25) is 0 Å². The van der Waals surface area contributed by atoms with E-state index in [4.69, 9.17) is 33.7 Å². The number of hydrogen-bond donors (Lipinski definition) is 1. The van der Waals surface area contributed by atoms with Crippen molar-refractivity contribution >= 4 is 11.3 Å². The first-order chi connectivity index (χ1) is 11.3. The van der Waals surface area contributed by atoms with Gasteiger partial charge in [-0.05, 0) is 0 Å². The molecule has 1 N–H and O–H groups in total. The number of nitrogens with zero attached hydrogens (tertiary/aromatic N) is 1. The summed E-state index contributed by atoms with van der Waals surface area (Å²) in [7, 11) is 3.14. The van der Waals surface area contributed by atoms with Gasteiger partial charge in [-0.2, -0.15) is 5.26 Å². The van der Waals surface area contributed by atoms with Gasteiger partial charge in [0.1, 0.15) is 6.07 Å². The molecule has 1 aromatic rings. The zero-order valence-corrected chi connectivity index (χ0v) is 14.0. The van der Waals surface area contributed by atoms with Gasteiger partial charge < -0.3 is 33.5 Å². The van der Waals surface area contributed by atoms with E-state index in [-0.39, 0.29) is 25.9 Å². The van der Waals surface area contributed by atoms with E-state index in [9.17, 15) is 5.11 Å². The second-order valence-electron chi connectivity index (χ2n) is 4.11. The van der Waals surface area contributed by atoms with E-state index in [0.717, 1.165) is 11.3 Å². The van der Waals surface area contributed by atoms with Crippen molar-refractivity contribution in [2.45, 2.75) is 6.61 Å². The lowest BCUT2D eigenvalue weighted by atomic mass is 10.3. The normalized spacial score (nSPS) is 10.5. The van der Waals surface area contributed by atoms with E-state index >= 15 is 0 Å². The van der Waals surface area contributed by atoms with Crippen LogP contribution in [0.4, 0.5) is 0 Å². The summed E-state index contributed by atoms with van der Waals surface area (Å²) < 4.78 is 31.1. The van der Waals surface area contributed by atoms with Crippen LogP contribution in [0.1, 0.15) is 9.75 Å². The maximum absolute atomic E-state index is 9.39. The van der Waals surface area contributed by atoms with Crippen LogP contribution in [0.5, 0.6) is 11.5 Å². The molecule has 0 aliphatic rings. The molecule has 0 spiro atoms. The Balaban J connectivity index is 2.64. The fraction of sp³-hybridized carbons (Fsp3) is 0.643. The number of aliphatic hydroxyl groups is 1. The third-order valence-corrected chi connectivity index (χ3v) is 3.61. The molecule has 0 fully saturated rings. The highest BCUT2D eigenvalue weighted by Gasteiger charge is 2.21. The van der Waals surface area contributed by atoms with Crippen molar-refractivity contribution in [1.82, 2.24) is 0 Å². The molecule has 8 nitrogen and oxygen atoms in total. The van der Waals surface area contributed by atoms with Crippen molar-refractivity contribution < 1.29 is 33.5 Å². The monoisotopic (exact) mass is 347 g/mol. The number of hydrogen-bond acceptors (Lipinski definition) is 9. The molecule has 0 aliphatic heterocycles. The Morgan fingerprint density at radius 2 is 1.52 bits per heavy atom. The molecule has 0 amide bonds. The maximum Gasteiger partial charge on any atom is 0.193 e. The summed E-state index contributed by atoms with van der Waals surface area (Å²) in [5.74, 6) is 0.538. The zero-order valence-electron chi connectivity index (χ0n) is 13.2. The van der Waals surface area contributed by atoms with Crippen molar-refractivity contribution in [1.29, 1.82) is 5.26 Å². The summed E-state index contributed by atoms with van der Waals surface area (Å²) in [4.78, 5) is 0.792. The number of methoxy groups -OCH3 is 2. The predicted molar refractivity (Wildman–Crippen MR) is 81.6 cm³/mol. The second kappa shape index (κ2) is 12.1. The van der Waals surface area contributed by atoms with Crippen molar-refractivity contribution in [2.24, 2.45) is 0 Å². The molecule has 1 rings (SSSR count). The highest BCUT2D eigenvalue weighted by atomic mass is 32.1. The Morgan fingerprint density at radius 1 is 0.957 bits per heavy atom. The van der Waals surface area contributed by atoms with Crippen molar-refractivity contribution in [3.8, 4) is 17.6 Å². The largest absolute Gasteiger partial charge is 0.462 e. The molecular weight excluding hydrogens is 326 g/mol. The molecule has 0 aliphatic carbocycles. The lowest BCUT2D eigenvalue weighted by molar-refractivity contribution is -0.0209. The minimum atomic E-state index is -0.263. The second-order valence-corrected chi connectivity index (χ2v) is 5.21. The molecule has 0 unspecified atom stereocenters. The molecule has 0 radical (unpaired) electrons. The quantitative estimate of drug-likeness (QED) is 0.418. The van der Waals surface area contributed by atoms with Gasteiger partial charge in [0, 0.05) is 14.2 Å². The fourth-order valence-corrected chi connectivity index (χ4v) is 2.35. The van der Waals surface area contributed by atoms with Crippen LogP contribution >= 0.6 is 11.3 Å². The lowest BCUT2D eigenvalue weighted by Crippen LogP contribution is -2.10. The van der Waals surface area contributed by atoms with E-state index in [1.165, 1.54) is 0 Å². The van der Waals surface area contributed by atoms with Crippen LogP contribution in [-0.4, -0.2) is 59.3 Å². The summed E-state index contributed by atoms with van der Waals surface area (Å²) in [6.45, 7) is 1.26. The van der Waals surface area contributed by atoms with Crippen LogP contribution in [0, 0.1) is 11.3 Å². The molecule has 9 heteroatoms. The van der Waals surface area contributed by atoms with E-state index in [1.807, 2.05) is 6.07 Å². The van der Waals surface area contributed by atoms with Gasteiger partial charge in [0.15, 0.2) is 30.0 Å². The topological polar surface area (TPSA) is 99.4 Å². The molecule has 1 heterocycles. The first-order valence-electron chi connectivity index (χ1n) is 6.84. The lowest BCUT2D eigenvalue weighted by Gasteiger charge is -2.11. The predicted octanol–water partition coefficient (Wildman–Crippen LogP) is 1.11. The van der Waals surface area contributed by atoms with Gasteiger partial charge in [0.2, 0.25) is 0 Å². The minimum Gasteiger partial charge on any atom is -0.462 e. The van der Waals surface area contributed by atoms with E-state index in [2.05, 4.69) is 0 Å². The number of nitriles is 1. The number of thiophene rings is 1. The number of aliphatic hydroxyl groups excluding tert-OH is 1. The van der Waals surface area contributed by atoms with Crippen molar-refractivity contribution in [3.63, 3.8) is 0 Å². The van der Waals surface area contributed by atoms with Crippen LogP contribution < -0.4 is 9.47 Å². The first kappa shape index (κ1) is 19.6. The summed E-state index contributed by atoms with van der Waals surface area (Å²) in [5.41, 5.74) is 0. The average molecular weight is 347 g/mol. The third kappa shape index (κ3) is 6.70. The van der Waals surface area contributed by atoms with Gasteiger partial charge in [0.05, 0.1) is 37.9 Å². The molecule has 1 aromatic heterocycles. The Bertz CT molecular complexity index is 486. The molecule has 130 valence electrons. The van der Waals surface area contributed by atoms with Crippen LogP contribution in [0.25, 0.3) is 0 Å². The van der Waals surface area contributed by atoms with Crippen LogP contribution in [-0.2, 0) is 25.6 Å². The minimum absolute atomic E-state index is 0.0428. The summed E-state index contributed by atoms with van der Waals surface area (Å²) in [6, 6.07) is 2.01. The molecule has 0 saturated heterocycles. The summed E-state index contributed by atoms with van der Waals surface area (Å²) in [6.07, 6.45) is 0. The molecular formula is C14H21NO7S. The number of rotatable bonds is 13. The fourth-order valence-electron chi connectivity index (χ4n) is 1.50. The maximum atomic E-state index is 9.39. The Labute approximate surface area is 139 Å². The molecule has 0 aromatic carbocycles. The average Bonchev–Trinajstić information content (AvgIpc) is 2.91. The van der Waals surface area contributed by atoms with Crippen LogP contribution in [0.3, 0.4) is 0 Å². The van der Waals surface area contributed by atoms with Gasteiger partial charge in [-0.1, -0.05) is 0 Å². The van der Waals surface area contributed by atoms with Gasteiger partial charge in [-0.25, -0.2) is 0 Å².